The molecule has 1 atom stereocenters. The van der Waals surface area contributed by atoms with Crippen molar-refractivity contribution in [2.45, 2.75) is 13.0 Å². The monoisotopic (exact) mass is 398 g/mol. The number of hydrogen-bond donors (Lipinski definition) is 2. The highest BCUT2D eigenvalue weighted by molar-refractivity contribution is 5.94. The van der Waals surface area contributed by atoms with Crippen molar-refractivity contribution in [1.82, 2.24) is 20.4 Å². The van der Waals surface area contributed by atoms with Crippen molar-refractivity contribution in [1.29, 1.82) is 0 Å². The minimum absolute atomic E-state index is 0.0138. The highest BCUT2D eigenvalue weighted by atomic mass is 19.1. The van der Waals surface area contributed by atoms with Gasteiger partial charge in [0, 0.05) is 38.3 Å². The summed E-state index contributed by atoms with van der Waals surface area (Å²) in [5.41, 5.74) is 1.86. The lowest BCUT2D eigenvalue weighted by molar-refractivity contribution is 0.0949. The minimum Gasteiger partial charge on any atom is -0.350 e. The Kier molecular flexibility index (Phi) is 6.82. The van der Waals surface area contributed by atoms with Crippen LogP contribution in [-0.2, 0) is 0 Å². The second-order valence-corrected chi connectivity index (χ2v) is 7.33. The molecule has 7 heteroatoms. The molecule has 1 fully saturated rings. The number of piperazine rings is 1. The third kappa shape index (κ3) is 5.32. The van der Waals surface area contributed by atoms with Crippen molar-refractivity contribution in [2.24, 2.45) is 0 Å². The van der Waals surface area contributed by atoms with E-state index in [9.17, 15) is 14.0 Å². The van der Waals surface area contributed by atoms with Gasteiger partial charge in [-0.2, -0.15) is 0 Å². The van der Waals surface area contributed by atoms with Gasteiger partial charge in [0.15, 0.2) is 0 Å². The zero-order chi connectivity index (χ0) is 20.8. The van der Waals surface area contributed by atoms with Gasteiger partial charge in [0.05, 0.1) is 6.04 Å². The van der Waals surface area contributed by atoms with E-state index in [2.05, 4.69) is 22.6 Å². The van der Waals surface area contributed by atoms with Gasteiger partial charge in [-0.3, -0.25) is 4.79 Å². The molecule has 2 N–H and O–H groups in total. The molecule has 2 aromatic carbocycles. The van der Waals surface area contributed by atoms with Crippen LogP contribution in [0.2, 0.25) is 0 Å². The molecule has 1 aliphatic heterocycles. The van der Waals surface area contributed by atoms with E-state index >= 15 is 0 Å². The number of rotatable bonds is 5. The van der Waals surface area contributed by atoms with E-state index in [-0.39, 0.29) is 30.1 Å². The third-order valence-electron chi connectivity index (χ3n) is 5.15. The number of amides is 3. The van der Waals surface area contributed by atoms with Crippen LogP contribution in [0, 0.1) is 12.7 Å². The molecule has 1 heterocycles. The van der Waals surface area contributed by atoms with E-state index in [1.165, 1.54) is 6.07 Å². The Morgan fingerprint density at radius 2 is 1.79 bits per heavy atom. The van der Waals surface area contributed by atoms with Gasteiger partial charge in [-0.25, -0.2) is 9.18 Å². The maximum Gasteiger partial charge on any atom is 0.318 e. The fourth-order valence-electron chi connectivity index (χ4n) is 3.41. The predicted molar refractivity (Wildman–Crippen MR) is 110 cm³/mol. The molecule has 1 aliphatic rings. The quantitative estimate of drug-likeness (QED) is 0.761. The first kappa shape index (κ1) is 20.8. The van der Waals surface area contributed by atoms with Gasteiger partial charge < -0.3 is 20.4 Å². The second-order valence-electron chi connectivity index (χ2n) is 7.33. The molecule has 29 heavy (non-hydrogen) atoms. The summed E-state index contributed by atoms with van der Waals surface area (Å²) in [5, 5.41) is 5.58. The lowest BCUT2D eigenvalue weighted by atomic mass is 10.0. The van der Waals surface area contributed by atoms with Gasteiger partial charge in [-0.15, -0.1) is 0 Å². The van der Waals surface area contributed by atoms with Crippen LogP contribution in [0.5, 0.6) is 0 Å². The first-order valence-corrected chi connectivity index (χ1v) is 9.78. The van der Waals surface area contributed by atoms with Crippen molar-refractivity contribution in [3.63, 3.8) is 0 Å². The predicted octanol–water partition coefficient (Wildman–Crippen LogP) is 2.56. The highest BCUT2D eigenvalue weighted by Crippen LogP contribution is 2.24. The number of halogens is 1. The molecular weight excluding hydrogens is 371 g/mol. The largest absolute Gasteiger partial charge is 0.350 e. The SMILES string of the molecule is Cc1ccc(C(=O)NCCNC(=O)N2CCN(C)C[C@H]2c2ccccc2)cc1F. The van der Waals surface area contributed by atoms with Gasteiger partial charge in [0.2, 0.25) is 0 Å². The molecule has 0 bridgehead atoms. The molecule has 0 radical (unpaired) electrons. The molecule has 0 saturated carbocycles. The van der Waals surface area contributed by atoms with Gasteiger partial charge in [-0.05, 0) is 37.2 Å². The molecule has 0 aromatic heterocycles. The minimum atomic E-state index is -0.409. The summed E-state index contributed by atoms with van der Waals surface area (Å²) in [6.45, 7) is 4.43. The number of aryl methyl sites for hydroxylation is 1. The lowest BCUT2D eigenvalue weighted by Crippen LogP contribution is -2.53. The Bertz CT molecular complexity index is 859. The number of carbonyl (C=O) groups is 2. The average Bonchev–Trinajstić information content (AvgIpc) is 2.73. The number of likely N-dealkylation sites (N-methyl/N-ethyl adjacent to an activating group) is 1. The number of carbonyl (C=O) groups excluding carboxylic acids is 2. The zero-order valence-corrected chi connectivity index (χ0v) is 16.8. The molecule has 3 rings (SSSR count). The van der Waals surface area contributed by atoms with E-state index in [4.69, 9.17) is 0 Å². The van der Waals surface area contributed by atoms with Crippen LogP contribution in [0.4, 0.5) is 9.18 Å². The number of hydrogen-bond acceptors (Lipinski definition) is 3. The first-order chi connectivity index (χ1) is 14.0. The van der Waals surface area contributed by atoms with E-state index in [1.54, 1.807) is 19.1 Å². The second kappa shape index (κ2) is 9.52. The summed E-state index contributed by atoms with van der Waals surface area (Å²) in [6, 6.07) is 14.2. The number of nitrogens with zero attached hydrogens (tertiary/aromatic N) is 2. The molecule has 0 unspecified atom stereocenters. The summed E-state index contributed by atoms with van der Waals surface area (Å²) >= 11 is 0. The summed E-state index contributed by atoms with van der Waals surface area (Å²) in [6.07, 6.45) is 0. The molecule has 0 spiro atoms. The number of benzene rings is 2. The average molecular weight is 398 g/mol. The van der Waals surface area contributed by atoms with E-state index < -0.39 is 5.82 Å². The molecule has 6 nitrogen and oxygen atoms in total. The van der Waals surface area contributed by atoms with Crippen molar-refractivity contribution in [3.05, 3.63) is 71.0 Å². The van der Waals surface area contributed by atoms with Crippen molar-refractivity contribution in [2.75, 3.05) is 39.8 Å². The Morgan fingerprint density at radius 1 is 1.07 bits per heavy atom. The lowest BCUT2D eigenvalue weighted by Gasteiger charge is -2.40. The van der Waals surface area contributed by atoms with Crippen LogP contribution < -0.4 is 10.6 Å². The van der Waals surface area contributed by atoms with Gasteiger partial charge in [0.25, 0.3) is 5.91 Å². The molecule has 154 valence electrons. The Hall–Kier alpha value is -2.93. The number of urea groups is 1. The summed E-state index contributed by atoms with van der Waals surface area (Å²) in [5.74, 6) is -0.770. The normalized spacial score (nSPS) is 17.1. The molecule has 2 aromatic rings. The molecule has 3 amide bonds. The highest BCUT2D eigenvalue weighted by Gasteiger charge is 2.29. The van der Waals surface area contributed by atoms with Crippen LogP contribution in [0.15, 0.2) is 48.5 Å². The van der Waals surface area contributed by atoms with Crippen LogP contribution in [0.1, 0.15) is 27.5 Å². The van der Waals surface area contributed by atoms with E-state index in [0.717, 1.165) is 18.7 Å². The fourth-order valence-corrected chi connectivity index (χ4v) is 3.41. The Labute approximate surface area is 170 Å². The maximum absolute atomic E-state index is 13.6. The summed E-state index contributed by atoms with van der Waals surface area (Å²) in [4.78, 5) is 28.9. The van der Waals surface area contributed by atoms with E-state index in [1.807, 2.05) is 35.2 Å². The molecule has 0 aliphatic carbocycles. The summed E-state index contributed by atoms with van der Waals surface area (Å²) < 4.78 is 13.6. The zero-order valence-electron chi connectivity index (χ0n) is 16.8. The fraction of sp³-hybridized carbons (Fsp3) is 0.364. The molecular formula is C22H27FN4O2. The first-order valence-electron chi connectivity index (χ1n) is 9.78. The van der Waals surface area contributed by atoms with Crippen molar-refractivity contribution >= 4 is 11.9 Å². The van der Waals surface area contributed by atoms with Gasteiger partial charge in [-0.1, -0.05) is 36.4 Å². The standard InChI is InChI=1S/C22H27FN4O2/c1-16-8-9-18(14-19(16)23)21(28)24-10-11-25-22(29)27-13-12-26(2)15-20(27)17-6-4-3-5-7-17/h3-9,14,20H,10-13,15H2,1-2H3,(H,24,28)(H,25,29)/t20-/m0/s1. The Balaban J connectivity index is 1.51. The third-order valence-corrected chi connectivity index (χ3v) is 5.15. The Morgan fingerprint density at radius 3 is 2.52 bits per heavy atom. The van der Waals surface area contributed by atoms with Crippen LogP contribution >= 0.6 is 0 Å². The topological polar surface area (TPSA) is 64.7 Å². The van der Waals surface area contributed by atoms with Gasteiger partial charge >= 0.3 is 6.03 Å². The van der Waals surface area contributed by atoms with Crippen LogP contribution in [-0.4, -0.2) is 61.5 Å². The van der Waals surface area contributed by atoms with Gasteiger partial charge in [0.1, 0.15) is 5.82 Å². The summed E-state index contributed by atoms with van der Waals surface area (Å²) in [7, 11) is 2.05. The van der Waals surface area contributed by atoms with Crippen LogP contribution in [0.3, 0.4) is 0 Å². The van der Waals surface area contributed by atoms with Crippen LogP contribution in [0.25, 0.3) is 0 Å². The van der Waals surface area contributed by atoms with E-state index in [0.29, 0.717) is 18.7 Å². The van der Waals surface area contributed by atoms with Crippen molar-refractivity contribution in [3.8, 4) is 0 Å². The smallest absolute Gasteiger partial charge is 0.318 e. The maximum atomic E-state index is 13.6. The van der Waals surface area contributed by atoms with Crippen molar-refractivity contribution < 1.29 is 14.0 Å². The number of nitrogens with one attached hydrogen (secondary N) is 2. The molecule has 1 saturated heterocycles.